The lowest BCUT2D eigenvalue weighted by atomic mass is 9.73. The van der Waals surface area contributed by atoms with E-state index in [1.54, 1.807) is 0 Å². The number of aliphatic hydroxyl groups excluding tert-OH is 1. The average Bonchev–Trinajstić information content (AvgIpc) is 3.25. The van der Waals surface area contributed by atoms with E-state index in [2.05, 4.69) is 57.2 Å². The molecule has 0 spiro atoms. The molecule has 3 nitrogen and oxygen atoms in total. The van der Waals surface area contributed by atoms with Crippen molar-refractivity contribution in [2.45, 2.75) is 321 Å². The van der Waals surface area contributed by atoms with E-state index in [4.69, 9.17) is 0 Å². The van der Waals surface area contributed by atoms with Crippen molar-refractivity contribution >= 4 is 0 Å². The summed E-state index contributed by atoms with van der Waals surface area (Å²) in [6, 6.07) is 0. The third-order valence-corrected chi connectivity index (χ3v) is 13.4. The minimum absolute atomic E-state index is 0.340. The van der Waals surface area contributed by atoms with E-state index in [0.29, 0.717) is 19.3 Å². The molecule has 60 heavy (non-hydrogen) atoms. The van der Waals surface area contributed by atoms with Crippen LogP contribution in [-0.4, -0.2) is 33.1 Å². The topological polar surface area (TPSA) is 60.7 Å². The monoisotopic (exact) mass is 843 g/mol. The highest BCUT2D eigenvalue weighted by Gasteiger charge is 2.47. The van der Waals surface area contributed by atoms with Crippen LogP contribution in [0.5, 0.6) is 0 Å². The smallest absolute Gasteiger partial charge is 0.116 e. The second kappa shape index (κ2) is 47.6. The van der Waals surface area contributed by atoms with Gasteiger partial charge in [-0.1, -0.05) is 250 Å². The second-order valence-electron chi connectivity index (χ2n) is 19.3. The summed E-state index contributed by atoms with van der Waals surface area (Å²) in [4.78, 5) is 0. The molecule has 0 aliphatic rings. The molecule has 3 heteroatoms. The van der Waals surface area contributed by atoms with E-state index in [1.165, 1.54) is 231 Å². The van der Waals surface area contributed by atoms with Crippen molar-refractivity contribution in [3.8, 4) is 0 Å². The van der Waals surface area contributed by atoms with E-state index < -0.39 is 11.2 Å². The molecule has 0 unspecified atom stereocenters. The largest absolute Gasteiger partial charge is 0.393 e. The summed E-state index contributed by atoms with van der Waals surface area (Å²) in [5, 5.41) is 34.6. The first-order valence-corrected chi connectivity index (χ1v) is 27.5. The minimum Gasteiger partial charge on any atom is -0.393 e. The molecule has 0 saturated heterocycles. The third-order valence-electron chi connectivity index (χ3n) is 13.4. The van der Waals surface area contributed by atoms with Crippen molar-refractivity contribution in [2.24, 2.45) is 0 Å². The highest BCUT2D eigenvalue weighted by atomic mass is 16.4. The second-order valence-corrected chi connectivity index (χ2v) is 19.3. The van der Waals surface area contributed by atoms with Gasteiger partial charge in [-0.3, -0.25) is 0 Å². The molecule has 0 aromatic heterocycles. The molecular weight excluding hydrogens is 733 g/mol. The van der Waals surface area contributed by atoms with Crippen LogP contribution in [0.2, 0.25) is 0 Å². The van der Waals surface area contributed by atoms with E-state index in [1.807, 2.05) is 0 Å². The van der Waals surface area contributed by atoms with Crippen molar-refractivity contribution in [1.29, 1.82) is 0 Å². The lowest BCUT2D eigenvalue weighted by Gasteiger charge is -2.43. The van der Waals surface area contributed by atoms with Crippen LogP contribution >= 0.6 is 0 Å². The van der Waals surface area contributed by atoms with Crippen LogP contribution in [0.3, 0.4) is 0 Å². The van der Waals surface area contributed by atoms with Gasteiger partial charge in [-0.05, 0) is 96.3 Å². The first-order chi connectivity index (χ1) is 29.5. The molecule has 0 aliphatic heterocycles. The normalized spacial score (nSPS) is 13.5. The molecule has 0 rings (SSSR count). The summed E-state index contributed by atoms with van der Waals surface area (Å²) < 4.78 is 0. The van der Waals surface area contributed by atoms with Crippen molar-refractivity contribution in [3.63, 3.8) is 0 Å². The fourth-order valence-electron chi connectivity index (χ4n) is 9.04. The molecule has 1 atom stereocenters. The first kappa shape index (κ1) is 59.1. The zero-order chi connectivity index (χ0) is 43.8. The third kappa shape index (κ3) is 38.7. The Morgan fingerprint density at radius 2 is 0.433 bits per heavy atom. The van der Waals surface area contributed by atoms with E-state index in [0.717, 1.165) is 38.5 Å². The summed E-state index contributed by atoms with van der Waals surface area (Å²) >= 11 is 0. The summed E-state index contributed by atoms with van der Waals surface area (Å²) in [6.07, 6.45) is 69.0. The van der Waals surface area contributed by atoms with Gasteiger partial charge >= 0.3 is 0 Å². The zero-order valence-electron chi connectivity index (χ0n) is 41.3. The van der Waals surface area contributed by atoms with Crippen LogP contribution in [0.1, 0.15) is 310 Å². The first-order valence-electron chi connectivity index (χ1n) is 27.5. The predicted molar refractivity (Wildman–Crippen MR) is 269 cm³/mol. The Kier molecular flexibility index (Phi) is 46.9. The molecule has 0 saturated carbocycles. The van der Waals surface area contributed by atoms with Crippen LogP contribution in [0, 0.1) is 0 Å². The fourth-order valence-corrected chi connectivity index (χ4v) is 9.04. The van der Waals surface area contributed by atoms with Gasteiger partial charge in [0.1, 0.15) is 5.60 Å². The molecule has 0 fully saturated rings. The van der Waals surface area contributed by atoms with E-state index >= 15 is 0 Å². The fraction of sp³-hybridized carbons (Fsp3) is 0.895. The molecule has 0 radical (unpaired) electrons. The molecule has 0 amide bonds. The number of aliphatic hydroxyl groups is 3. The summed E-state index contributed by atoms with van der Waals surface area (Å²) in [7, 11) is 0. The number of allylic oxidation sites excluding steroid dienone is 6. The average molecular weight is 844 g/mol. The van der Waals surface area contributed by atoms with Crippen molar-refractivity contribution in [2.75, 3.05) is 6.61 Å². The van der Waals surface area contributed by atoms with Crippen molar-refractivity contribution in [3.05, 3.63) is 36.5 Å². The highest BCUT2D eigenvalue weighted by molar-refractivity contribution is 4.99. The Hall–Kier alpha value is -0.900. The van der Waals surface area contributed by atoms with E-state index in [9.17, 15) is 15.3 Å². The van der Waals surface area contributed by atoms with Gasteiger partial charge in [0, 0.05) is 0 Å². The summed E-state index contributed by atoms with van der Waals surface area (Å²) in [5.74, 6) is 0. The molecule has 0 aromatic rings. The summed E-state index contributed by atoms with van der Waals surface area (Å²) in [6.45, 7) is 6.51. The van der Waals surface area contributed by atoms with Gasteiger partial charge in [-0.25, -0.2) is 0 Å². The number of hydrogen-bond acceptors (Lipinski definition) is 3. The van der Waals surface area contributed by atoms with Gasteiger partial charge in [0.05, 0.1) is 12.2 Å². The Morgan fingerprint density at radius 1 is 0.250 bits per heavy atom. The van der Waals surface area contributed by atoms with Crippen LogP contribution < -0.4 is 0 Å². The summed E-state index contributed by atoms with van der Waals surface area (Å²) in [5.41, 5.74) is -2.61. The van der Waals surface area contributed by atoms with Gasteiger partial charge in [-0.15, -0.1) is 0 Å². The Morgan fingerprint density at radius 3 is 0.650 bits per heavy atom. The predicted octanol–water partition coefficient (Wildman–Crippen LogP) is 18.7. The highest BCUT2D eigenvalue weighted by Crippen LogP contribution is 2.37. The Balaban J connectivity index is 4.56. The molecule has 3 N–H and O–H groups in total. The van der Waals surface area contributed by atoms with E-state index in [-0.39, 0.29) is 6.61 Å². The Labute approximate surface area is 377 Å². The SMILES string of the molecule is CCCCCCCC/C=C\CCCCCCCCC(O)(CCCCCCCC/C=C\CCCCCCCC)[C@@](O)(CO)CCCCCCCC/C=C\CCCCCCCC. The van der Waals surface area contributed by atoms with Crippen LogP contribution in [-0.2, 0) is 0 Å². The molecule has 0 aromatic carbocycles. The van der Waals surface area contributed by atoms with Crippen LogP contribution in [0.4, 0.5) is 0 Å². The quantitative estimate of drug-likeness (QED) is 0.0422. The molecule has 356 valence electrons. The van der Waals surface area contributed by atoms with Crippen LogP contribution in [0.15, 0.2) is 36.5 Å². The van der Waals surface area contributed by atoms with Gasteiger partial charge < -0.3 is 15.3 Å². The molecule has 0 bridgehead atoms. The maximum absolute atomic E-state index is 12.2. The van der Waals surface area contributed by atoms with Gasteiger partial charge in [-0.2, -0.15) is 0 Å². The number of unbranched alkanes of at least 4 members (excludes halogenated alkanes) is 36. The van der Waals surface area contributed by atoms with Crippen LogP contribution in [0.25, 0.3) is 0 Å². The maximum Gasteiger partial charge on any atom is 0.116 e. The van der Waals surface area contributed by atoms with Gasteiger partial charge in [0.15, 0.2) is 0 Å². The minimum atomic E-state index is -1.41. The lowest BCUT2D eigenvalue weighted by Crippen LogP contribution is -2.56. The van der Waals surface area contributed by atoms with Crippen molar-refractivity contribution in [1.82, 2.24) is 0 Å². The number of rotatable bonds is 50. The lowest BCUT2D eigenvalue weighted by molar-refractivity contribution is -0.185. The van der Waals surface area contributed by atoms with Gasteiger partial charge in [0.2, 0.25) is 0 Å². The van der Waals surface area contributed by atoms with Crippen molar-refractivity contribution < 1.29 is 15.3 Å². The number of hydrogen-bond donors (Lipinski definition) is 3. The molecule has 0 aliphatic carbocycles. The van der Waals surface area contributed by atoms with Gasteiger partial charge in [0.25, 0.3) is 0 Å². The maximum atomic E-state index is 12.2. The molecular formula is C57H110O3. The standard InChI is InChI=1S/C57H110O3/c1-4-7-10-13-16-19-22-25-28-31-34-37-40-43-46-49-52-56(59,53-50-47-44-41-38-35-32-29-26-23-20-17-14-11-8-5-2)57(60,55-58)54-51-48-45-42-39-36-33-30-27-24-21-18-15-12-9-6-3/h25-30,58-60H,4-24,31-55H2,1-3H3/b28-25-,29-26-,30-27-/t57-/m0/s1. The molecule has 0 heterocycles. The Bertz CT molecular complexity index is 865. The zero-order valence-corrected chi connectivity index (χ0v) is 41.3.